The second-order valence-corrected chi connectivity index (χ2v) is 4.46. The first-order valence-electron chi connectivity index (χ1n) is 5.38. The van der Waals surface area contributed by atoms with Crippen molar-refractivity contribution in [1.29, 1.82) is 0 Å². The zero-order valence-electron chi connectivity index (χ0n) is 9.72. The molecule has 1 aromatic rings. The third-order valence-electron chi connectivity index (χ3n) is 3.07. The van der Waals surface area contributed by atoms with Crippen molar-refractivity contribution in [3.8, 4) is 0 Å². The van der Waals surface area contributed by atoms with Crippen LogP contribution in [0.3, 0.4) is 0 Å². The SMILES string of the molecule is CC1(CO)OC(n2ccc(N)nc2=O)C(O)C1O. The largest absolute Gasteiger partial charge is 0.393 e. The van der Waals surface area contributed by atoms with Crippen molar-refractivity contribution in [3.63, 3.8) is 0 Å². The Morgan fingerprint density at radius 3 is 2.78 bits per heavy atom. The van der Waals surface area contributed by atoms with Crippen LogP contribution in [0, 0.1) is 0 Å². The van der Waals surface area contributed by atoms with Gasteiger partial charge in [0.05, 0.1) is 6.61 Å². The number of nitrogen functional groups attached to an aromatic ring is 1. The van der Waals surface area contributed by atoms with Gasteiger partial charge in [0.25, 0.3) is 0 Å². The van der Waals surface area contributed by atoms with Crippen LogP contribution in [0.15, 0.2) is 17.1 Å². The van der Waals surface area contributed by atoms with Crippen molar-refractivity contribution in [2.24, 2.45) is 0 Å². The van der Waals surface area contributed by atoms with E-state index in [4.69, 9.17) is 10.5 Å². The molecule has 4 atom stereocenters. The highest BCUT2D eigenvalue weighted by Gasteiger charge is 2.51. The summed E-state index contributed by atoms with van der Waals surface area (Å²) >= 11 is 0. The first-order chi connectivity index (χ1) is 8.39. The Balaban J connectivity index is 2.38. The van der Waals surface area contributed by atoms with Gasteiger partial charge in [-0.3, -0.25) is 4.57 Å². The maximum atomic E-state index is 11.6. The van der Waals surface area contributed by atoms with Crippen LogP contribution in [0.5, 0.6) is 0 Å². The standard InChI is InChI=1S/C10H15N3O5/c1-10(4-14)7(16)6(15)8(18-10)13-3-2-5(11)12-9(13)17/h2-3,6-8,14-16H,4H2,1H3,(H2,11,12,17). The lowest BCUT2D eigenvalue weighted by molar-refractivity contribution is -0.117. The summed E-state index contributed by atoms with van der Waals surface area (Å²) in [5, 5.41) is 28.8. The smallest absolute Gasteiger partial charge is 0.351 e. The predicted octanol–water partition coefficient (Wildman–Crippen LogP) is -2.17. The lowest BCUT2D eigenvalue weighted by atomic mass is 9.99. The van der Waals surface area contributed by atoms with E-state index < -0.39 is 36.3 Å². The predicted molar refractivity (Wildman–Crippen MR) is 60.5 cm³/mol. The van der Waals surface area contributed by atoms with Crippen LogP contribution in [0.2, 0.25) is 0 Å². The van der Waals surface area contributed by atoms with Gasteiger partial charge >= 0.3 is 5.69 Å². The van der Waals surface area contributed by atoms with Crippen LogP contribution in [0.25, 0.3) is 0 Å². The first kappa shape index (κ1) is 13.0. The highest BCUT2D eigenvalue weighted by atomic mass is 16.6. The topological polar surface area (TPSA) is 131 Å². The molecule has 0 amide bonds. The molecule has 0 aliphatic carbocycles. The van der Waals surface area contributed by atoms with E-state index in [9.17, 15) is 20.1 Å². The van der Waals surface area contributed by atoms with Gasteiger partial charge in [-0.25, -0.2) is 4.79 Å². The molecule has 2 rings (SSSR count). The second-order valence-electron chi connectivity index (χ2n) is 4.46. The molecule has 8 nitrogen and oxygen atoms in total. The molecule has 100 valence electrons. The Labute approximate surface area is 102 Å². The highest BCUT2D eigenvalue weighted by Crippen LogP contribution is 2.35. The van der Waals surface area contributed by atoms with Gasteiger partial charge in [0.1, 0.15) is 23.6 Å². The number of rotatable bonds is 2. The summed E-state index contributed by atoms with van der Waals surface area (Å²) in [7, 11) is 0. The fourth-order valence-corrected chi connectivity index (χ4v) is 1.90. The van der Waals surface area contributed by atoms with Crippen LogP contribution >= 0.6 is 0 Å². The second kappa shape index (κ2) is 4.32. The number of nitrogens with two attached hydrogens (primary N) is 1. The summed E-state index contributed by atoms with van der Waals surface area (Å²) in [5.74, 6) is 0.0502. The Hall–Kier alpha value is -1.48. The minimum atomic E-state index is -1.34. The maximum Gasteiger partial charge on any atom is 0.351 e. The van der Waals surface area contributed by atoms with Crippen LogP contribution in [0.4, 0.5) is 5.82 Å². The van der Waals surface area contributed by atoms with E-state index in [0.717, 1.165) is 4.57 Å². The minimum Gasteiger partial charge on any atom is -0.393 e. The van der Waals surface area contributed by atoms with Gasteiger partial charge in [0.2, 0.25) is 0 Å². The molecule has 18 heavy (non-hydrogen) atoms. The van der Waals surface area contributed by atoms with E-state index >= 15 is 0 Å². The Bertz CT molecular complexity index is 505. The first-order valence-corrected chi connectivity index (χ1v) is 5.38. The molecule has 2 heterocycles. The lowest BCUT2D eigenvalue weighted by Gasteiger charge is -2.24. The van der Waals surface area contributed by atoms with Gasteiger partial charge in [-0.05, 0) is 13.0 Å². The fourth-order valence-electron chi connectivity index (χ4n) is 1.90. The van der Waals surface area contributed by atoms with E-state index in [2.05, 4.69) is 4.98 Å². The quantitative estimate of drug-likeness (QED) is 0.474. The van der Waals surface area contributed by atoms with Crippen LogP contribution < -0.4 is 11.4 Å². The molecule has 8 heteroatoms. The van der Waals surface area contributed by atoms with E-state index in [1.54, 1.807) is 0 Å². The van der Waals surface area contributed by atoms with Gasteiger partial charge in [-0.15, -0.1) is 0 Å². The molecule has 1 aliphatic rings. The average Bonchev–Trinajstić information content (AvgIpc) is 2.55. The van der Waals surface area contributed by atoms with E-state index in [0.29, 0.717) is 0 Å². The molecule has 0 saturated carbocycles. The summed E-state index contributed by atoms with van der Waals surface area (Å²) in [5.41, 5.74) is 3.32. The maximum absolute atomic E-state index is 11.6. The van der Waals surface area contributed by atoms with Gasteiger partial charge in [0, 0.05) is 6.20 Å². The molecule has 4 unspecified atom stereocenters. The third-order valence-corrected chi connectivity index (χ3v) is 3.07. The minimum absolute atomic E-state index is 0.0502. The molecule has 0 aromatic carbocycles. The molecule has 0 spiro atoms. The van der Waals surface area contributed by atoms with Gasteiger partial charge in [-0.2, -0.15) is 4.98 Å². The number of aromatic nitrogens is 2. The Kier molecular flexibility index (Phi) is 3.11. The van der Waals surface area contributed by atoms with Crippen LogP contribution in [0.1, 0.15) is 13.2 Å². The molecule has 1 aromatic heterocycles. The zero-order valence-corrected chi connectivity index (χ0v) is 9.72. The Morgan fingerprint density at radius 2 is 2.28 bits per heavy atom. The van der Waals surface area contributed by atoms with Crippen LogP contribution in [-0.2, 0) is 4.74 Å². The highest BCUT2D eigenvalue weighted by molar-refractivity contribution is 5.23. The van der Waals surface area contributed by atoms with Crippen molar-refractivity contribution in [3.05, 3.63) is 22.7 Å². The van der Waals surface area contributed by atoms with Crippen molar-refractivity contribution >= 4 is 5.82 Å². The van der Waals surface area contributed by atoms with Gasteiger partial charge < -0.3 is 25.8 Å². The molecule has 1 saturated heterocycles. The molecular weight excluding hydrogens is 242 g/mol. The molecule has 1 fully saturated rings. The molecule has 0 radical (unpaired) electrons. The summed E-state index contributed by atoms with van der Waals surface area (Å²) < 4.78 is 6.38. The number of aliphatic hydroxyl groups excluding tert-OH is 3. The average molecular weight is 257 g/mol. The lowest BCUT2D eigenvalue weighted by Crippen LogP contribution is -2.43. The summed E-state index contributed by atoms with van der Waals surface area (Å²) in [6.45, 7) is 0.954. The number of nitrogens with zero attached hydrogens (tertiary/aromatic N) is 2. The van der Waals surface area contributed by atoms with Gasteiger partial charge in [0.15, 0.2) is 6.23 Å². The van der Waals surface area contributed by atoms with Crippen LogP contribution in [-0.4, -0.2) is 49.3 Å². The van der Waals surface area contributed by atoms with Crippen molar-refractivity contribution in [2.45, 2.75) is 31.0 Å². The molecule has 5 N–H and O–H groups in total. The van der Waals surface area contributed by atoms with Crippen molar-refractivity contribution in [2.75, 3.05) is 12.3 Å². The summed E-state index contributed by atoms with van der Waals surface area (Å²) in [6.07, 6.45) is -2.45. The number of aliphatic hydroxyl groups is 3. The van der Waals surface area contributed by atoms with E-state index in [-0.39, 0.29) is 5.82 Å². The number of hydrogen-bond donors (Lipinski definition) is 4. The van der Waals surface area contributed by atoms with Crippen molar-refractivity contribution in [1.82, 2.24) is 9.55 Å². The van der Waals surface area contributed by atoms with Crippen molar-refractivity contribution < 1.29 is 20.1 Å². The molecular formula is C10H15N3O5. The number of anilines is 1. The van der Waals surface area contributed by atoms with E-state index in [1.165, 1.54) is 19.2 Å². The number of ether oxygens (including phenoxy) is 1. The Morgan fingerprint density at radius 1 is 1.61 bits per heavy atom. The number of hydrogen-bond acceptors (Lipinski definition) is 7. The third kappa shape index (κ3) is 1.89. The molecule has 1 aliphatic heterocycles. The summed E-state index contributed by atoms with van der Waals surface area (Å²) in [6, 6.07) is 1.37. The van der Waals surface area contributed by atoms with Gasteiger partial charge in [-0.1, -0.05) is 0 Å². The monoisotopic (exact) mass is 257 g/mol. The summed E-state index contributed by atoms with van der Waals surface area (Å²) in [4.78, 5) is 15.1. The molecule has 0 bridgehead atoms. The van der Waals surface area contributed by atoms with E-state index in [1.807, 2.05) is 0 Å². The zero-order chi connectivity index (χ0) is 13.5. The fraction of sp³-hybridized carbons (Fsp3) is 0.600. The normalized spacial score (nSPS) is 35.9.